The fraction of sp³-hybridized carbons (Fsp3) is 0.583. The normalized spacial score (nSPS) is 17.8. The molecule has 88 valence electrons. The molecule has 1 saturated heterocycles. The van der Waals surface area contributed by atoms with Gasteiger partial charge < -0.3 is 4.90 Å². The number of rotatable bonds is 3. The number of anilines is 1. The fourth-order valence-corrected chi connectivity index (χ4v) is 2.13. The van der Waals surface area contributed by atoms with E-state index in [9.17, 15) is 4.39 Å². The van der Waals surface area contributed by atoms with E-state index in [0.717, 1.165) is 31.9 Å². The predicted molar refractivity (Wildman–Crippen MR) is 63.1 cm³/mol. The van der Waals surface area contributed by atoms with E-state index in [2.05, 4.69) is 21.7 Å². The van der Waals surface area contributed by atoms with Gasteiger partial charge in [-0.2, -0.15) is 4.39 Å². The topological polar surface area (TPSA) is 19.4 Å². The first-order valence-electron chi connectivity index (χ1n) is 5.88. The molecule has 0 saturated carbocycles. The maximum absolute atomic E-state index is 13.0. The van der Waals surface area contributed by atoms with Gasteiger partial charge in [-0.15, -0.1) is 0 Å². The molecule has 0 spiro atoms. The van der Waals surface area contributed by atoms with Gasteiger partial charge in [0.15, 0.2) is 0 Å². The van der Waals surface area contributed by atoms with Gasteiger partial charge in [0, 0.05) is 44.1 Å². The van der Waals surface area contributed by atoms with Crippen molar-refractivity contribution < 1.29 is 4.39 Å². The molecular formula is C12H18FN3. The average molecular weight is 223 g/mol. The summed E-state index contributed by atoms with van der Waals surface area (Å²) >= 11 is 0. The van der Waals surface area contributed by atoms with Gasteiger partial charge >= 0.3 is 0 Å². The molecule has 0 atom stereocenters. The molecule has 0 radical (unpaired) electrons. The van der Waals surface area contributed by atoms with E-state index in [0.29, 0.717) is 0 Å². The first kappa shape index (κ1) is 11.3. The lowest BCUT2D eigenvalue weighted by Gasteiger charge is -2.35. The van der Waals surface area contributed by atoms with Crippen molar-refractivity contribution in [3.63, 3.8) is 0 Å². The zero-order valence-electron chi connectivity index (χ0n) is 9.69. The molecular weight excluding hydrogens is 205 g/mol. The van der Waals surface area contributed by atoms with Gasteiger partial charge in [0.2, 0.25) is 5.95 Å². The molecule has 1 aliphatic rings. The summed E-state index contributed by atoms with van der Waals surface area (Å²) in [5.41, 5.74) is 0.948. The lowest BCUT2D eigenvalue weighted by atomic mass is 10.2. The standard InChI is InChI=1S/C12H18FN3/c1-2-5-15-6-8-16(9-7-15)11-3-4-14-12(13)10-11/h3-4,10H,2,5-9H2,1H3. The number of nitrogens with zero attached hydrogens (tertiary/aromatic N) is 3. The zero-order chi connectivity index (χ0) is 11.4. The van der Waals surface area contributed by atoms with Crippen molar-refractivity contribution in [2.75, 3.05) is 37.6 Å². The Kier molecular flexibility index (Phi) is 3.72. The van der Waals surface area contributed by atoms with Crippen molar-refractivity contribution in [2.24, 2.45) is 0 Å². The van der Waals surface area contributed by atoms with E-state index < -0.39 is 5.95 Å². The van der Waals surface area contributed by atoms with E-state index in [4.69, 9.17) is 0 Å². The number of pyridine rings is 1. The molecule has 0 bridgehead atoms. The van der Waals surface area contributed by atoms with Crippen LogP contribution in [-0.4, -0.2) is 42.6 Å². The van der Waals surface area contributed by atoms with E-state index >= 15 is 0 Å². The minimum atomic E-state index is -0.395. The van der Waals surface area contributed by atoms with E-state index in [1.165, 1.54) is 25.2 Å². The number of halogens is 1. The number of hydrogen-bond acceptors (Lipinski definition) is 3. The molecule has 0 N–H and O–H groups in total. The Morgan fingerprint density at radius 2 is 2.06 bits per heavy atom. The highest BCUT2D eigenvalue weighted by Gasteiger charge is 2.16. The zero-order valence-corrected chi connectivity index (χ0v) is 9.69. The van der Waals surface area contributed by atoms with Gasteiger partial charge in [-0.1, -0.05) is 6.92 Å². The Labute approximate surface area is 95.9 Å². The first-order chi connectivity index (χ1) is 7.79. The largest absolute Gasteiger partial charge is 0.369 e. The molecule has 3 nitrogen and oxygen atoms in total. The van der Waals surface area contributed by atoms with E-state index in [1.807, 2.05) is 6.07 Å². The van der Waals surface area contributed by atoms with Crippen molar-refractivity contribution in [3.8, 4) is 0 Å². The number of piperazine rings is 1. The van der Waals surface area contributed by atoms with Crippen molar-refractivity contribution in [1.29, 1.82) is 0 Å². The highest BCUT2D eigenvalue weighted by atomic mass is 19.1. The van der Waals surface area contributed by atoms with Crippen molar-refractivity contribution in [1.82, 2.24) is 9.88 Å². The third-order valence-corrected chi connectivity index (χ3v) is 2.99. The third-order valence-electron chi connectivity index (χ3n) is 2.99. The highest BCUT2D eigenvalue weighted by molar-refractivity contribution is 5.45. The second-order valence-electron chi connectivity index (χ2n) is 4.17. The van der Waals surface area contributed by atoms with Crippen LogP contribution in [0, 0.1) is 5.95 Å². The summed E-state index contributed by atoms with van der Waals surface area (Å²) in [5.74, 6) is -0.395. The second-order valence-corrected chi connectivity index (χ2v) is 4.17. The van der Waals surface area contributed by atoms with Gasteiger partial charge in [0.1, 0.15) is 0 Å². The van der Waals surface area contributed by atoms with Gasteiger partial charge in [-0.05, 0) is 19.0 Å². The lowest BCUT2D eigenvalue weighted by Crippen LogP contribution is -2.46. The molecule has 1 aromatic rings. The van der Waals surface area contributed by atoms with Crippen LogP contribution in [0.15, 0.2) is 18.3 Å². The van der Waals surface area contributed by atoms with Crippen LogP contribution in [0.3, 0.4) is 0 Å². The molecule has 1 aromatic heterocycles. The minimum Gasteiger partial charge on any atom is -0.369 e. The maximum Gasteiger partial charge on any atom is 0.214 e. The van der Waals surface area contributed by atoms with Crippen LogP contribution in [0.1, 0.15) is 13.3 Å². The van der Waals surface area contributed by atoms with Crippen LogP contribution in [0.5, 0.6) is 0 Å². The Bertz CT molecular complexity index is 335. The molecule has 16 heavy (non-hydrogen) atoms. The van der Waals surface area contributed by atoms with Gasteiger partial charge in [-0.3, -0.25) is 4.90 Å². The second kappa shape index (κ2) is 5.25. The molecule has 2 heterocycles. The smallest absolute Gasteiger partial charge is 0.214 e. The predicted octanol–water partition coefficient (Wildman–Crippen LogP) is 1.75. The van der Waals surface area contributed by atoms with E-state index in [1.54, 1.807) is 0 Å². The van der Waals surface area contributed by atoms with Gasteiger partial charge in [0.05, 0.1) is 0 Å². The van der Waals surface area contributed by atoms with Crippen LogP contribution in [0.25, 0.3) is 0 Å². The summed E-state index contributed by atoms with van der Waals surface area (Å²) in [6.07, 6.45) is 2.73. The summed E-state index contributed by atoms with van der Waals surface area (Å²) in [6.45, 7) is 7.45. The number of hydrogen-bond donors (Lipinski definition) is 0. The van der Waals surface area contributed by atoms with Crippen LogP contribution in [0.4, 0.5) is 10.1 Å². The fourth-order valence-electron chi connectivity index (χ4n) is 2.13. The molecule has 0 unspecified atom stereocenters. The van der Waals surface area contributed by atoms with Crippen LogP contribution < -0.4 is 4.90 Å². The quantitative estimate of drug-likeness (QED) is 0.728. The Balaban J connectivity index is 1.94. The molecule has 0 aliphatic carbocycles. The maximum atomic E-state index is 13.0. The Morgan fingerprint density at radius 3 is 2.69 bits per heavy atom. The SMILES string of the molecule is CCCN1CCN(c2ccnc(F)c2)CC1. The average Bonchev–Trinajstić information content (AvgIpc) is 2.30. The van der Waals surface area contributed by atoms with Gasteiger partial charge in [-0.25, -0.2) is 4.98 Å². The van der Waals surface area contributed by atoms with Crippen LogP contribution in [-0.2, 0) is 0 Å². The molecule has 4 heteroatoms. The molecule has 1 fully saturated rings. The van der Waals surface area contributed by atoms with Crippen LogP contribution >= 0.6 is 0 Å². The van der Waals surface area contributed by atoms with Crippen LogP contribution in [0.2, 0.25) is 0 Å². The Morgan fingerprint density at radius 1 is 1.31 bits per heavy atom. The van der Waals surface area contributed by atoms with Crippen molar-refractivity contribution in [2.45, 2.75) is 13.3 Å². The first-order valence-corrected chi connectivity index (χ1v) is 5.88. The van der Waals surface area contributed by atoms with Crippen molar-refractivity contribution in [3.05, 3.63) is 24.3 Å². The van der Waals surface area contributed by atoms with Crippen molar-refractivity contribution >= 4 is 5.69 Å². The Hall–Kier alpha value is -1.16. The van der Waals surface area contributed by atoms with Gasteiger partial charge in [0.25, 0.3) is 0 Å². The molecule has 2 rings (SSSR count). The van der Waals surface area contributed by atoms with E-state index in [-0.39, 0.29) is 0 Å². The summed E-state index contributed by atoms with van der Waals surface area (Å²) < 4.78 is 13.0. The molecule has 0 amide bonds. The lowest BCUT2D eigenvalue weighted by molar-refractivity contribution is 0.258. The summed E-state index contributed by atoms with van der Waals surface area (Å²) in [7, 11) is 0. The summed E-state index contributed by atoms with van der Waals surface area (Å²) in [6, 6.07) is 3.38. The third kappa shape index (κ3) is 2.70. The highest BCUT2D eigenvalue weighted by Crippen LogP contribution is 2.16. The number of aromatic nitrogens is 1. The molecule has 0 aromatic carbocycles. The minimum absolute atomic E-state index is 0.395. The summed E-state index contributed by atoms with van der Waals surface area (Å²) in [5, 5.41) is 0. The molecule has 1 aliphatic heterocycles. The summed E-state index contributed by atoms with van der Waals surface area (Å²) in [4.78, 5) is 8.25. The monoisotopic (exact) mass is 223 g/mol.